The van der Waals surface area contributed by atoms with Crippen LogP contribution in [0.2, 0.25) is 0 Å². The normalized spacial score (nSPS) is 13.5. The fraction of sp³-hybridized carbons (Fsp3) is 0.280. The number of likely N-dealkylation sites (tertiary alicyclic amines) is 1. The molecule has 170 valence electrons. The molecule has 0 unspecified atom stereocenters. The summed E-state index contributed by atoms with van der Waals surface area (Å²) < 4.78 is 2.70. The number of hydrogen-bond donors (Lipinski definition) is 1. The number of Topliss-reactive ketones (excluding diaryl/α,β-unsaturated/α-hetero) is 1. The first-order valence-corrected chi connectivity index (χ1v) is 11.6. The zero-order chi connectivity index (χ0) is 23.4. The van der Waals surface area contributed by atoms with Gasteiger partial charge in [0.25, 0.3) is 5.91 Å². The number of nitrogens with one attached hydrogen (secondary N) is 1. The van der Waals surface area contributed by atoms with Gasteiger partial charge in [0.1, 0.15) is 0 Å². The van der Waals surface area contributed by atoms with Crippen LogP contribution in [0.5, 0.6) is 0 Å². The fourth-order valence-corrected chi connectivity index (χ4v) is 4.49. The summed E-state index contributed by atoms with van der Waals surface area (Å²) in [5.41, 5.74) is 2.43. The molecule has 2 amide bonds. The van der Waals surface area contributed by atoms with Gasteiger partial charge in [-0.15, -0.1) is 0 Å². The van der Waals surface area contributed by atoms with Crippen molar-refractivity contribution in [1.82, 2.24) is 19.8 Å². The minimum atomic E-state index is -0.175. The molecule has 0 spiro atoms. The lowest BCUT2D eigenvalue weighted by atomic mass is 9.94. The molecular formula is C25H25BrN4O3. The Morgan fingerprint density at radius 1 is 1.24 bits per heavy atom. The largest absolute Gasteiger partial charge is 0.352 e. The van der Waals surface area contributed by atoms with Crippen LogP contribution in [0.4, 0.5) is 0 Å². The van der Waals surface area contributed by atoms with Gasteiger partial charge in [0.2, 0.25) is 5.91 Å². The van der Waals surface area contributed by atoms with Crippen molar-refractivity contribution < 1.29 is 14.4 Å². The Morgan fingerprint density at radius 2 is 2.06 bits per heavy atom. The number of aromatic nitrogens is 2. The maximum absolute atomic E-state index is 12.9. The zero-order valence-electron chi connectivity index (χ0n) is 18.2. The van der Waals surface area contributed by atoms with Crippen molar-refractivity contribution in [2.24, 2.45) is 5.92 Å². The molecule has 3 heterocycles. The molecular weight excluding hydrogens is 484 g/mol. The van der Waals surface area contributed by atoms with E-state index < -0.39 is 0 Å². The minimum Gasteiger partial charge on any atom is -0.352 e. The Morgan fingerprint density at radius 3 is 2.79 bits per heavy atom. The molecule has 1 aromatic carbocycles. The molecule has 0 aliphatic carbocycles. The van der Waals surface area contributed by atoms with E-state index in [4.69, 9.17) is 0 Å². The predicted molar refractivity (Wildman–Crippen MR) is 130 cm³/mol. The number of nitrogens with zero attached hydrogens (tertiary/aromatic N) is 3. The summed E-state index contributed by atoms with van der Waals surface area (Å²) in [5.74, 6) is -0.0210. The van der Waals surface area contributed by atoms with E-state index in [1.54, 1.807) is 23.5 Å². The van der Waals surface area contributed by atoms with Gasteiger partial charge in [-0.05, 0) is 42.3 Å². The van der Waals surface area contributed by atoms with Gasteiger partial charge in [0.05, 0.1) is 12.1 Å². The van der Waals surface area contributed by atoms with Crippen molar-refractivity contribution in [2.75, 3.05) is 19.6 Å². The molecule has 7 nitrogen and oxygen atoms in total. The van der Waals surface area contributed by atoms with E-state index in [2.05, 4.69) is 32.8 Å². The Balaban J connectivity index is 1.42. The maximum atomic E-state index is 12.9. The van der Waals surface area contributed by atoms with Crippen LogP contribution in [0.3, 0.4) is 0 Å². The highest BCUT2D eigenvalue weighted by Gasteiger charge is 2.30. The van der Waals surface area contributed by atoms with Crippen LogP contribution in [-0.2, 0) is 22.6 Å². The molecule has 4 rings (SSSR count). The summed E-state index contributed by atoms with van der Waals surface area (Å²) in [4.78, 5) is 43.0. The predicted octanol–water partition coefficient (Wildman–Crippen LogP) is 3.37. The van der Waals surface area contributed by atoms with Crippen LogP contribution in [-0.4, -0.2) is 51.7 Å². The molecule has 8 heteroatoms. The summed E-state index contributed by atoms with van der Waals surface area (Å²) in [6, 6.07) is 9.56. The summed E-state index contributed by atoms with van der Waals surface area (Å²) in [6.45, 7) is 5.34. The number of benzene rings is 1. The number of rotatable bonds is 9. The van der Waals surface area contributed by atoms with Gasteiger partial charge in [-0.2, -0.15) is 0 Å². The molecule has 33 heavy (non-hydrogen) atoms. The first-order valence-electron chi connectivity index (χ1n) is 10.8. The first-order chi connectivity index (χ1) is 15.9. The highest BCUT2D eigenvalue weighted by Crippen LogP contribution is 2.26. The number of hydrogen-bond acceptors (Lipinski definition) is 4. The van der Waals surface area contributed by atoms with Crippen LogP contribution < -0.4 is 5.32 Å². The second-order valence-electron chi connectivity index (χ2n) is 8.26. The molecule has 3 aromatic rings. The lowest BCUT2D eigenvalue weighted by Gasteiger charge is -2.38. The monoisotopic (exact) mass is 508 g/mol. The number of halogens is 1. The van der Waals surface area contributed by atoms with E-state index >= 15 is 0 Å². The van der Waals surface area contributed by atoms with Crippen LogP contribution in [0.15, 0.2) is 66.1 Å². The van der Waals surface area contributed by atoms with E-state index in [0.717, 1.165) is 20.9 Å². The molecule has 0 radical (unpaired) electrons. The average Bonchev–Trinajstić information content (AvgIpc) is 3.13. The van der Waals surface area contributed by atoms with Gasteiger partial charge in [-0.1, -0.05) is 28.6 Å². The van der Waals surface area contributed by atoms with E-state index in [-0.39, 0.29) is 30.1 Å². The van der Waals surface area contributed by atoms with E-state index in [1.165, 1.54) is 6.08 Å². The number of carbonyl (C=O) groups excluding carboxylic acids is 3. The molecule has 1 aliphatic heterocycles. The van der Waals surface area contributed by atoms with E-state index in [1.807, 2.05) is 34.9 Å². The lowest BCUT2D eigenvalue weighted by molar-refractivity contribution is -0.134. The number of pyridine rings is 1. The van der Waals surface area contributed by atoms with Gasteiger partial charge in [-0.25, -0.2) is 0 Å². The van der Waals surface area contributed by atoms with Crippen LogP contribution in [0.25, 0.3) is 10.9 Å². The standard InChI is InChI=1S/C25H25BrN4O3/c1-2-24(32)30-13-18(14-30)10-20(31)15-29-16-22(21-11-19(26)5-6-23(21)29)25(33)28-9-7-17-4-3-8-27-12-17/h2-6,8,11-12,16,18H,1,7,9-10,13-15H2,(H,28,33). The van der Waals surface area contributed by atoms with Crippen LogP contribution in [0, 0.1) is 5.92 Å². The van der Waals surface area contributed by atoms with Crippen molar-refractivity contribution in [1.29, 1.82) is 0 Å². The Labute approximate surface area is 200 Å². The van der Waals surface area contributed by atoms with Crippen molar-refractivity contribution in [3.63, 3.8) is 0 Å². The highest BCUT2D eigenvalue weighted by atomic mass is 79.9. The Bertz CT molecular complexity index is 1200. The second-order valence-corrected chi connectivity index (χ2v) is 9.17. The van der Waals surface area contributed by atoms with Gasteiger partial charge in [0.15, 0.2) is 5.78 Å². The SMILES string of the molecule is C=CC(=O)N1CC(CC(=O)Cn2cc(C(=O)NCCc3cccnc3)c3cc(Br)ccc32)C1. The molecule has 0 saturated carbocycles. The van der Waals surface area contributed by atoms with E-state index in [0.29, 0.717) is 38.0 Å². The van der Waals surface area contributed by atoms with E-state index in [9.17, 15) is 14.4 Å². The van der Waals surface area contributed by atoms with Gasteiger partial charge in [0, 0.05) is 65.9 Å². The second kappa shape index (κ2) is 10.1. The minimum absolute atomic E-state index is 0.0778. The molecule has 1 N–H and O–H groups in total. The van der Waals surface area contributed by atoms with Crippen molar-refractivity contribution in [3.05, 3.63) is 77.2 Å². The topological polar surface area (TPSA) is 84.3 Å². The van der Waals surface area contributed by atoms with Gasteiger partial charge < -0.3 is 14.8 Å². The maximum Gasteiger partial charge on any atom is 0.253 e. The molecule has 1 aliphatic rings. The van der Waals surface area contributed by atoms with Crippen LogP contribution >= 0.6 is 15.9 Å². The van der Waals surface area contributed by atoms with Gasteiger partial charge >= 0.3 is 0 Å². The first kappa shape index (κ1) is 22.9. The van der Waals surface area contributed by atoms with Crippen LogP contribution in [0.1, 0.15) is 22.3 Å². The molecule has 2 aromatic heterocycles. The number of fused-ring (bicyclic) bond motifs is 1. The van der Waals surface area contributed by atoms with Crippen molar-refractivity contribution >= 4 is 44.4 Å². The molecule has 0 atom stereocenters. The number of ketones is 1. The zero-order valence-corrected chi connectivity index (χ0v) is 19.8. The van der Waals surface area contributed by atoms with Crippen molar-refractivity contribution in [2.45, 2.75) is 19.4 Å². The summed E-state index contributed by atoms with van der Waals surface area (Å²) in [7, 11) is 0. The average molecular weight is 509 g/mol. The summed E-state index contributed by atoms with van der Waals surface area (Å²) in [5, 5.41) is 3.77. The lowest BCUT2D eigenvalue weighted by Crippen LogP contribution is -2.50. The summed E-state index contributed by atoms with van der Waals surface area (Å²) >= 11 is 3.48. The summed E-state index contributed by atoms with van der Waals surface area (Å²) in [6.07, 6.45) is 7.65. The highest BCUT2D eigenvalue weighted by molar-refractivity contribution is 9.10. The number of carbonyl (C=O) groups is 3. The Hall–Kier alpha value is -3.26. The third kappa shape index (κ3) is 5.39. The van der Waals surface area contributed by atoms with Gasteiger partial charge in [-0.3, -0.25) is 19.4 Å². The van der Waals surface area contributed by atoms with Crippen molar-refractivity contribution in [3.8, 4) is 0 Å². The third-order valence-electron chi connectivity index (χ3n) is 5.82. The smallest absolute Gasteiger partial charge is 0.253 e. The third-order valence-corrected chi connectivity index (χ3v) is 6.31. The molecule has 1 fully saturated rings. The quantitative estimate of drug-likeness (QED) is 0.449. The number of amides is 2. The Kier molecular flexibility index (Phi) is 7.03. The fourth-order valence-electron chi connectivity index (χ4n) is 4.13. The molecule has 0 bridgehead atoms. The molecule has 1 saturated heterocycles.